The maximum absolute atomic E-state index is 12.2. The quantitative estimate of drug-likeness (QED) is 0.759. The minimum atomic E-state index is -0.00615. The minimum Gasteiger partial charge on any atom is -0.327 e. The van der Waals surface area contributed by atoms with Crippen LogP contribution < -0.4 is 0 Å². The summed E-state index contributed by atoms with van der Waals surface area (Å²) in [5.41, 5.74) is 3.74. The van der Waals surface area contributed by atoms with Crippen molar-refractivity contribution in [1.29, 1.82) is 0 Å². The number of hydrogen-bond donors (Lipinski definition) is 0. The molecule has 1 amide bonds. The zero-order valence-electron chi connectivity index (χ0n) is 11.3. The maximum atomic E-state index is 12.2. The zero-order chi connectivity index (χ0) is 13.9. The van der Waals surface area contributed by atoms with E-state index >= 15 is 0 Å². The van der Waals surface area contributed by atoms with Gasteiger partial charge >= 0.3 is 0 Å². The van der Waals surface area contributed by atoms with E-state index in [0.29, 0.717) is 6.54 Å². The van der Waals surface area contributed by atoms with Crippen molar-refractivity contribution in [1.82, 2.24) is 4.90 Å². The molecule has 0 spiro atoms. The summed E-state index contributed by atoms with van der Waals surface area (Å²) in [6, 6.07) is 18.6. The first kappa shape index (κ1) is 12.7. The fourth-order valence-electron chi connectivity index (χ4n) is 2.84. The van der Waals surface area contributed by atoms with Gasteiger partial charge in [0.2, 0.25) is 5.91 Å². The molecule has 100 valence electrons. The van der Waals surface area contributed by atoms with E-state index in [1.54, 1.807) is 0 Å². The van der Waals surface area contributed by atoms with Crippen LogP contribution >= 0.6 is 0 Å². The van der Waals surface area contributed by atoms with Gasteiger partial charge in [0.05, 0.1) is 6.04 Å². The Labute approximate surface area is 119 Å². The van der Waals surface area contributed by atoms with Crippen LogP contribution in [0.4, 0.5) is 0 Å². The van der Waals surface area contributed by atoms with Crippen molar-refractivity contribution in [3.05, 3.63) is 83.9 Å². The molecular weight excluding hydrogens is 246 g/mol. The highest BCUT2D eigenvalue weighted by molar-refractivity contribution is 5.87. The number of carbonyl (C=O) groups is 1. The van der Waals surface area contributed by atoms with Gasteiger partial charge in [-0.1, -0.05) is 61.2 Å². The lowest BCUT2D eigenvalue weighted by atomic mass is 9.90. The van der Waals surface area contributed by atoms with Crippen LogP contribution in [0.1, 0.15) is 22.7 Å². The third-order valence-electron chi connectivity index (χ3n) is 3.89. The first-order valence-corrected chi connectivity index (χ1v) is 6.84. The molecular formula is C18H17NO. The molecule has 1 atom stereocenters. The summed E-state index contributed by atoms with van der Waals surface area (Å²) in [5, 5.41) is 0. The number of amides is 1. The summed E-state index contributed by atoms with van der Waals surface area (Å²) in [5.74, 6) is -0.00615. The zero-order valence-corrected chi connectivity index (χ0v) is 11.3. The largest absolute Gasteiger partial charge is 0.327 e. The lowest BCUT2D eigenvalue weighted by Gasteiger charge is -2.36. The third kappa shape index (κ3) is 2.25. The molecule has 0 saturated heterocycles. The van der Waals surface area contributed by atoms with E-state index in [0.717, 1.165) is 6.42 Å². The molecule has 0 fully saturated rings. The lowest BCUT2D eigenvalue weighted by Crippen LogP contribution is -2.37. The molecule has 2 aromatic carbocycles. The summed E-state index contributed by atoms with van der Waals surface area (Å²) in [6.45, 7) is 4.28. The highest BCUT2D eigenvalue weighted by atomic mass is 16.2. The average molecular weight is 263 g/mol. The van der Waals surface area contributed by atoms with E-state index in [4.69, 9.17) is 0 Å². The van der Waals surface area contributed by atoms with Gasteiger partial charge in [-0.25, -0.2) is 0 Å². The standard InChI is InChI=1S/C18H17NO/c1-2-18(20)19-13-16-11-7-6-10-15(16)12-17(19)14-8-4-3-5-9-14/h2-11,17H,1,12-13H2/t17-/m1/s1. The molecule has 0 saturated carbocycles. The second-order valence-electron chi connectivity index (χ2n) is 5.07. The number of benzene rings is 2. The van der Waals surface area contributed by atoms with E-state index in [-0.39, 0.29) is 11.9 Å². The van der Waals surface area contributed by atoms with Gasteiger partial charge < -0.3 is 4.90 Å². The fourth-order valence-corrected chi connectivity index (χ4v) is 2.84. The Balaban J connectivity index is 2.02. The highest BCUT2D eigenvalue weighted by Crippen LogP contribution is 2.33. The molecule has 2 nitrogen and oxygen atoms in total. The van der Waals surface area contributed by atoms with Crippen LogP contribution in [0.5, 0.6) is 0 Å². The Morgan fingerprint density at radius 3 is 2.40 bits per heavy atom. The molecule has 2 heteroatoms. The number of carbonyl (C=O) groups excluding carboxylic acids is 1. The topological polar surface area (TPSA) is 20.3 Å². The third-order valence-corrected chi connectivity index (χ3v) is 3.89. The Kier molecular flexibility index (Phi) is 3.38. The molecule has 0 radical (unpaired) electrons. The molecule has 1 heterocycles. The summed E-state index contributed by atoms with van der Waals surface area (Å²) < 4.78 is 0. The predicted octanol–water partition coefficient (Wildman–Crippen LogP) is 3.50. The van der Waals surface area contributed by atoms with E-state index in [1.807, 2.05) is 29.2 Å². The predicted molar refractivity (Wildman–Crippen MR) is 80.1 cm³/mol. The normalized spacial score (nSPS) is 17.4. The van der Waals surface area contributed by atoms with Crippen molar-refractivity contribution in [2.45, 2.75) is 19.0 Å². The van der Waals surface area contributed by atoms with Gasteiger partial charge in [0.1, 0.15) is 0 Å². The number of nitrogens with zero attached hydrogens (tertiary/aromatic N) is 1. The number of fused-ring (bicyclic) bond motifs is 1. The summed E-state index contributed by atoms with van der Waals surface area (Å²) in [6.07, 6.45) is 2.27. The van der Waals surface area contributed by atoms with Crippen molar-refractivity contribution in [2.75, 3.05) is 0 Å². The van der Waals surface area contributed by atoms with Gasteiger partial charge in [-0.2, -0.15) is 0 Å². The van der Waals surface area contributed by atoms with E-state index < -0.39 is 0 Å². The Morgan fingerprint density at radius 2 is 1.70 bits per heavy atom. The van der Waals surface area contributed by atoms with Crippen LogP contribution in [0.25, 0.3) is 0 Å². The molecule has 0 bridgehead atoms. The van der Waals surface area contributed by atoms with E-state index in [1.165, 1.54) is 22.8 Å². The van der Waals surface area contributed by atoms with Crippen LogP contribution in [-0.4, -0.2) is 10.8 Å². The van der Waals surface area contributed by atoms with Crippen LogP contribution in [-0.2, 0) is 17.8 Å². The molecule has 0 aliphatic carbocycles. The Hall–Kier alpha value is -2.35. The molecule has 0 unspecified atom stereocenters. The number of rotatable bonds is 2. The van der Waals surface area contributed by atoms with Gasteiger partial charge in [0.25, 0.3) is 0 Å². The number of hydrogen-bond acceptors (Lipinski definition) is 1. The van der Waals surface area contributed by atoms with E-state index in [2.05, 4.69) is 36.9 Å². The van der Waals surface area contributed by atoms with Crippen molar-refractivity contribution >= 4 is 5.91 Å². The van der Waals surface area contributed by atoms with Gasteiger partial charge in [-0.3, -0.25) is 4.79 Å². The van der Waals surface area contributed by atoms with Crippen molar-refractivity contribution < 1.29 is 4.79 Å². The molecule has 0 N–H and O–H groups in total. The van der Waals surface area contributed by atoms with Crippen LogP contribution in [0.15, 0.2) is 67.3 Å². The average Bonchev–Trinajstić information content (AvgIpc) is 2.53. The molecule has 0 aromatic heterocycles. The Bertz CT molecular complexity index is 633. The van der Waals surface area contributed by atoms with Crippen molar-refractivity contribution in [3.63, 3.8) is 0 Å². The summed E-state index contributed by atoms with van der Waals surface area (Å²) >= 11 is 0. The van der Waals surface area contributed by atoms with Crippen LogP contribution in [0.2, 0.25) is 0 Å². The second-order valence-corrected chi connectivity index (χ2v) is 5.07. The summed E-state index contributed by atoms with van der Waals surface area (Å²) in [7, 11) is 0. The molecule has 1 aliphatic rings. The maximum Gasteiger partial charge on any atom is 0.246 e. The molecule has 2 aromatic rings. The fraction of sp³-hybridized carbons (Fsp3) is 0.167. The van der Waals surface area contributed by atoms with Crippen molar-refractivity contribution in [2.24, 2.45) is 0 Å². The van der Waals surface area contributed by atoms with Gasteiger partial charge in [0, 0.05) is 6.54 Å². The van der Waals surface area contributed by atoms with Crippen LogP contribution in [0, 0.1) is 0 Å². The lowest BCUT2D eigenvalue weighted by molar-refractivity contribution is -0.129. The SMILES string of the molecule is C=CC(=O)N1Cc2ccccc2C[C@@H]1c1ccccc1. The molecule has 1 aliphatic heterocycles. The van der Waals surface area contributed by atoms with Crippen molar-refractivity contribution in [3.8, 4) is 0 Å². The summed E-state index contributed by atoms with van der Waals surface area (Å²) in [4.78, 5) is 14.1. The van der Waals surface area contributed by atoms with Gasteiger partial charge in [0.15, 0.2) is 0 Å². The first-order valence-electron chi connectivity index (χ1n) is 6.84. The van der Waals surface area contributed by atoms with Gasteiger partial charge in [-0.15, -0.1) is 0 Å². The van der Waals surface area contributed by atoms with Gasteiger partial charge in [-0.05, 0) is 29.2 Å². The first-order chi connectivity index (χ1) is 9.79. The molecule has 20 heavy (non-hydrogen) atoms. The second kappa shape index (κ2) is 5.33. The van der Waals surface area contributed by atoms with E-state index in [9.17, 15) is 4.79 Å². The van der Waals surface area contributed by atoms with Crippen LogP contribution in [0.3, 0.4) is 0 Å². The highest BCUT2D eigenvalue weighted by Gasteiger charge is 2.29. The Morgan fingerprint density at radius 1 is 1.05 bits per heavy atom. The smallest absolute Gasteiger partial charge is 0.246 e. The minimum absolute atomic E-state index is 0.00615. The monoisotopic (exact) mass is 263 g/mol. The molecule has 3 rings (SSSR count).